The van der Waals surface area contributed by atoms with E-state index in [1.807, 2.05) is 0 Å². The van der Waals surface area contributed by atoms with Crippen molar-refractivity contribution in [3.05, 3.63) is 32.4 Å². The Morgan fingerprint density at radius 1 is 1.73 bits per heavy atom. The Morgan fingerprint density at radius 2 is 2.40 bits per heavy atom. The second-order valence-electron chi connectivity index (χ2n) is 2.66. The van der Waals surface area contributed by atoms with Crippen LogP contribution in [0.5, 0.6) is 0 Å². The highest BCUT2D eigenvalue weighted by molar-refractivity contribution is 9.10. The third-order valence-electron chi connectivity index (χ3n) is 1.63. The van der Waals surface area contributed by atoms with Crippen LogP contribution in [0.15, 0.2) is 16.7 Å². The largest absolute Gasteiger partial charge is 0.469 e. The Bertz CT molecular complexity index is 408. The predicted molar refractivity (Wildman–Crippen MR) is 54.3 cm³/mol. The summed E-state index contributed by atoms with van der Waals surface area (Å²) in [6.07, 6.45) is 1.32. The summed E-state index contributed by atoms with van der Waals surface area (Å²) in [7, 11) is 1.27. The Hall–Kier alpha value is -1.50. The summed E-state index contributed by atoms with van der Waals surface area (Å²) in [6, 6.07) is 1.47. The highest BCUT2D eigenvalue weighted by atomic mass is 79.9. The predicted octanol–water partition coefficient (Wildman–Crippen LogP) is 1.47. The van der Waals surface area contributed by atoms with Gasteiger partial charge in [-0.3, -0.25) is 4.79 Å². The number of halogens is 1. The maximum absolute atomic E-state index is 10.9. The van der Waals surface area contributed by atoms with Gasteiger partial charge < -0.3 is 14.9 Å². The highest BCUT2D eigenvalue weighted by Crippen LogP contribution is 2.22. The number of hydrogen-bond donors (Lipinski definition) is 0. The van der Waals surface area contributed by atoms with Crippen LogP contribution in [0.1, 0.15) is 5.56 Å². The van der Waals surface area contributed by atoms with Gasteiger partial charge in [-0.25, -0.2) is 0 Å². The number of rotatable bonds is 3. The Balaban J connectivity index is 2.91. The van der Waals surface area contributed by atoms with E-state index in [1.165, 1.54) is 19.4 Å². The van der Waals surface area contributed by atoms with Crippen LogP contribution in [0.4, 0.5) is 5.82 Å². The summed E-state index contributed by atoms with van der Waals surface area (Å²) in [5.74, 6) is -0.693. The molecule has 0 amide bonds. The van der Waals surface area contributed by atoms with Gasteiger partial charge in [0.1, 0.15) is 10.7 Å². The first-order chi connectivity index (χ1) is 7.04. The molecule has 1 aromatic heterocycles. The van der Waals surface area contributed by atoms with Gasteiger partial charge in [-0.2, -0.15) is 0 Å². The van der Waals surface area contributed by atoms with Gasteiger partial charge in [-0.15, -0.1) is 0 Å². The van der Waals surface area contributed by atoms with Crippen molar-refractivity contribution in [2.75, 3.05) is 7.11 Å². The fourth-order valence-electron chi connectivity index (χ4n) is 0.940. The van der Waals surface area contributed by atoms with E-state index < -0.39 is 10.9 Å². The molecule has 80 valence electrons. The van der Waals surface area contributed by atoms with E-state index in [9.17, 15) is 14.9 Å². The summed E-state index contributed by atoms with van der Waals surface area (Å²) in [5.41, 5.74) is 0.555. The monoisotopic (exact) mass is 274 g/mol. The first-order valence-electron chi connectivity index (χ1n) is 3.90. The average Bonchev–Trinajstić information content (AvgIpc) is 2.17. The summed E-state index contributed by atoms with van der Waals surface area (Å²) in [6.45, 7) is 0. The number of pyridine rings is 1. The van der Waals surface area contributed by atoms with E-state index >= 15 is 0 Å². The smallest absolute Gasteiger partial charge is 0.377 e. The molecular weight excluding hydrogens is 268 g/mol. The van der Waals surface area contributed by atoms with Crippen molar-refractivity contribution in [1.29, 1.82) is 0 Å². The lowest BCUT2D eigenvalue weighted by molar-refractivity contribution is -0.390. The number of nitrogens with zero attached hydrogens (tertiary/aromatic N) is 2. The number of carbonyl (C=O) groups excluding carboxylic acids is 1. The van der Waals surface area contributed by atoms with Gasteiger partial charge in [-0.1, -0.05) is 0 Å². The zero-order valence-corrected chi connectivity index (χ0v) is 9.35. The van der Waals surface area contributed by atoms with Crippen molar-refractivity contribution in [2.24, 2.45) is 0 Å². The second kappa shape index (κ2) is 4.83. The third kappa shape index (κ3) is 2.98. The van der Waals surface area contributed by atoms with Crippen LogP contribution >= 0.6 is 15.9 Å². The molecule has 6 nitrogen and oxygen atoms in total. The topological polar surface area (TPSA) is 82.3 Å². The van der Waals surface area contributed by atoms with Gasteiger partial charge in [0.15, 0.2) is 0 Å². The van der Waals surface area contributed by atoms with Gasteiger partial charge in [0, 0.05) is 5.56 Å². The zero-order valence-electron chi connectivity index (χ0n) is 7.77. The molecule has 0 spiro atoms. The van der Waals surface area contributed by atoms with Gasteiger partial charge in [0.25, 0.3) is 0 Å². The molecule has 0 unspecified atom stereocenters. The van der Waals surface area contributed by atoms with Crippen LogP contribution in [-0.2, 0) is 16.0 Å². The minimum Gasteiger partial charge on any atom is -0.469 e. The fourth-order valence-corrected chi connectivity index (χ4v) is 1.48. The van der Waals surface area contributed by atoms with E-state index in [0.717, 1.165) is 0 Å². The number of nitro groups is 1. The molecular formula is C8H7BrN2O4. The van der Waals surface area contributed by atoms with Crippen molar-refractivity contribution in [1.82, 2.24) is 4.98 Å². The van der Waals surface area contributed by atoms with Crippen molar-refractivity contribution >= 4 is 27.7 Å². The number of aromatic nitrogens is 1. The lowest BCUT2D eigenvalue weighted by Crippen LogP contribution is -2.05. The van der Waals surface area contributed by atoms with Crippen molar-refractivity contribution in [2.45, 2.75) is 6.42 Å². The Labute approximate surface area is 93.5 Å². The molecule has 1 heterocycles. The van der Waals surface area contributed by atoms with Crippen LogP contribution < -0.4 is 0 Å². The molecule has 0 aliphatic rings. The second-order valence-corrected chi connectivity index (χ2v) is 3.51. The van der Waals surface area contributed by atoms with E-state index in [4.69, 9.17) is 0 Å². The van der Waals surface area contributed by atoms with Crippen LogP contribution in [-0.4, -0.2) is 23.0 Å². The maximum Gasteiger partial charge on any atom is 0.377 e. The lowest BCUT2D eigenvalue weighted by Gasteiger charge is -1.99. The molecule has 0 N–H and O–H groups in total. The zero-order chi connectivity index (χ0) is 11.4. The van der Waals surface area contributed by atoms with Crippen LogP contribution in [0.3, 0.4) is 0 Å². The Kier molecular flexibility index (Phi) is 3.73. The summed E-state index contributed by atoms with van der Waals surface area (Å²) < 4.78 is 4.70. The van der Waals surface area contributed by atoms with Crippen molar-refractivity contribution in [3.8, 4) is 0 Å². The van der Waals surface area contributed by atoms with Crippen LogP contribution in [0.25, 0.3) is 0 Å². The number of methoxy groups -OCH3 is 1. The average molecular weight is 275 g/mol. The number of hydrogen-bond acceptors (Lipinski definition) is 5. The quantitative estimate of drug-likeness (QED) is 0.474. The molecule has 15 heavy (non-hydrogen) atoms. The van der Waals surface area contributed by atoms with Gasteiger partial charge in [0.05, 0.1) is 13.5 Å². The molecule has 0 aromatic carbocycles. The molecule has 0 aliphatic heterocycles. The standard InChI is InChI=1S/C8H7BrN2O4/c1-15-7(12)3-5-2-6(9)8(10-4-5)11(13)14/h2,4H,3H2,1H3. The molecule has 0 radical (unpaired) electrons. The normalized spacial score (nSPS) is 9.73. The lowest BCUT2D eigenvalue weighted by atomic mass is 10.2. The molecule has 0 atom stereocenters. The minimum atomic E-state index is -0.605. The van der Waals surface area contributed by atoms with Crippen molar-refractivity contribution in [3.63, 3.8) is 0 Å². The highest BCUT2D eigenvalue weighted by Gasteiger charge is 2.15. The van der Waals surface area contributed by atoms with Gasteiger partial charge in [-0.05, 0) is 31.9 Å². The third-order valence-corrected chi connectivity index (χ3v) is 2.21. The van der Waals surface area contributed by atoms with E-state index in [0.29, 0.717) is 5.56 Å². The number of esters is 1. The Morgan fingerprint density at radius 3 is 2.87 bits per heavy atom. The van der Waals surface area contributed by atoms with Gasteiger partial charge >= 0.3 is 11.8 Å². The molecule has 0 saturated carbocycles. The van der Waals surface area contributed by atoms with Crippen molar-refractivity contribution < 1.29 is 14.5 Å². The summed E-state index contributed by atoms with van der Waals surface area (Å²) in [4.78, 5) is 24.4. The SMILES string of the molecule is COC(=O)Cc1cnc([N+](=O)[O-])c(Br)c1. The van der Waals surface area contributed by atoms with E-state index in [2.05, 4.69) is 25.7 Å². The first-order valence-corrected chi connectivity index (χ1v) is 4.69. The summed E-state index contributed by atoms with van der Waals surface area (Å²) >= 11 is 3.00. The van der Waals surface area contributed by atoms with Crippen LogP contribution in [0.2, 0.25) is 0 Å². The molecule has 0 fully saturated rings. The van der Waals surface area contributed by atoms with Gasteiger partial charge in [0.2, 0.25) is 0 Å². The first kappa shape index (κ1) is 11.6. The molecule has 7 heteroatoms. The fraction of sp³-hybridized carbons (Fsp3) is 0.250. The maximum atomic E-state index is 10.9. The summed E-state index contributed by atoms with van der Waals surface area (Å²) in [5, 5.41) is 10.4. The minimum absolute atomic E-state index is 0.0418. The van der Waals surface area contributed by atoms with E-state index in [1.54, 1.807) is 0 Å². The molecule has 0 bridgehead atoms. The van der Waals surface area contributed by atoms with E-state index in [-0.39, 0.29) is 16.7 Å². The molecule has 1 rings (SSSR count). The molecule has 1 aromatic rings. The molecule has 0 saturated heterocycles. The molecule has 0 aliphatic carbocycles. The van der Waals surface area contributed by atoms with Crippen LogP contribution in [0, 0.1) is 10.1 Å². The number of ether oxygens (including phenoxy) is 1. The number of carbonyl (C=O) groups is 1.